The smallest absolute Gasteiger partial charge is 0.301 e. The summed E-state index contributed by atoms with van der Waals surface area (Å²) in [6.07, 6.45) is 2.25. The van der Waals surface area contributed by atoms with Crippen molar-refractivity contribution >= 4 is 44.1 Å². The van der Waals surface area contributed by atoms with E-state index in [2.05, 4.69) is 11.6 Å². The van der Waals surface area contributed by atoms with Crippen molar-refractivity contribution in [3.63, 3.8) is 0 Å². The Kier molecular flexibility index (Phi) is 7.16. The SMILES string of the molecule is C=CCOc1ccc(C2/C(=C(\O)c3ccc4c(c3)CC(C)O4)C(=O)C(=O)N2c2nc3ccc(F)cc3s2)cc1OCC. The molecule has 1 N–H and O–H groups in total. The summed E-state index contributed by atoms with van der Waals surface area (Å²) in [7, 11) is 0. The first-order chi connectivity index (χ1) is 20.3. The third kappa shape index (κ3) is 4.77. The van der Waals surface area contributed by atoms with Crippen LogP contribution in [-0.4, -0.2) is 41.1 Å². The fourth-order valence-electron chi connectivity index (χ4n) is 5.29. The largest absolute Gasteiger partial charge is 0.507 e. The van der Waals surface area contributed by atoms with Crippen molar-refractivity contribution in [2.24, 2.45) is 0 Å². The number of ketones is 1. The van der Waals surface area contributed by atoms with Crippen molar-refractivity contribution in [3.05, 3.63) is 95.3 Å². The Bertz CT molecular complexity index is 1780. The Balaban J connectivity index is 1.54. The number of anilines is 1. The molecule has 1 aromatic heterocycles. The summed E-state index contributed by atoms with van der Waals surface area (Å²) in [4.78, 5) is 33.1. The molecule has 10 heteroatoms. The van der Waals surface area contributed by atoms with E-state index in [1.807, 2.05) is 13.8 Å². The number of Topliss-reactive ketones (excluding diaryl/α,β-unsaturated/α-hetero) is 1. The zero-order valence-electron chi connectivity index (χ0n) is 22.9. The minimum absolute atomic E-state index is 0.00865. The van der Waals surface area contributed by atoms with Crippen LogP contribution in [0.1, 0.15) is 36.6 Å². The minimum Gasteiger partial charge on any atom is -0.507 e. The molecule has 4 aromatic rings. The van der Waals surface area contributed by atoms with Gasteiger partial charge in [-0.1, -0.05) is 30.1 Å². The topological polar surface area (TPSA) is 98.2 Å². The number of aromatic nitrogens is 1. The lowest BCUT2D eigenvalue weighted by molar-refractivity contribution is -0.132. The molecule has 3 aromatic carbocycles. The monoisotopic (exact) mass is 586 g/mol. The van der Waals surface area contributed by atoms with Crippen LogP contribution >= 0.6 is 11.3 Å². The van der Waals surface area contributed by atoms with E-state index in [0.29, 0.717) is 51.6 Å². The second-order valence-corrected chi connectivity index (χ2v) is 11.0. The van der Waals surface area contributed by atoms with Crippen molar-refractivity contribution in [2.75, 3.05) is 18.1 Å². The van der Waals surface area contributed by atoms with E-state index in [0.717, 1.165) is 16.9 Å². The number of hydrogen-bond acceptors (Lipinski definition) is 8. The number of thiazole rings is 1. The summed E-state index contributed by atoms with van der Waals surface area (Å²) in [5.74, 6) is -0.905. The van der Waals surface area contributed by atoms with Gasteiger partial charge in [-0.3, -0.25) is 14.5 Å². The average Bonchev–Trinajstić information content (AvgIpc) is 3.63. The van der Waals surface area contributed by atoms with Crippen molar-refractivity contribution in [2.45, 2.75) is 32.4 Å². The number of aliphatic hydroxyl groups excluding tert-OH is 1. The van der Waals surface area contributed by atoms with Gasteiger partial charge in [-0.05, 0) is 73.5 Å². The Hall–Kier alpha value is -4.70. The van der Waals surface area contributed by atoms with Gasteiger partial charge in [0.1, 0.15) is 30.0 Å². The summed E-state index contributed by atoms with van der Waals surface area (Å²) in [5, 5.41) is 11.8. The highest BCUT2D eigenvalue weighted by molar-refractivity contribution is 7.22. The summed E-state index contributed by atoms with van der Waals surface area (Å²) in [6, 6.07) is 13.3. The minimum atomic E-state index is -1.05. The maximum absolute atomic E-state index is 14.0. The Labute approximate surface area is 245 Å². The normalized spacial score (nSPS) is 19.2. The zero-order valence-corrected chi connectivity index (χ0v) is 23.7. The van der Waals surface area contributed by atoms with Gasteiger partial charge in [0, 0.05) is 12.0 Å². The Morgan fingerprint density at radius 1 is 1.17 bits per heavy atom. The third-order valence-corrected chi connectivity index (χ3v) is 8.12. The molecular weight excluding hydrogens is 559 g/mol. The molecule has 1 amide bonds. The van der Waals surface area contributed by atoms with Crippen molar-refractivity contribution in [1.82, 2.24) is 4.98 Å². The van der Waals surface area contributed by atoms with Crippen LogP contribution in [0, 0.1) is 5.82 Å². The van der Waals surface area contributed by atoms with Crippen molar-refractivity contribution < 1.29 is 33.3 Å². The second-order valence-electron chi connectivity index (χ2n) is 9.97. The van der Waals surface area contributed by atoms with E-state index in [9.17, 15) is 19.1 Å². The highest BCUT2D eigenvalue weighted by Crippen LogP contribution is 2.46. The van der Waals surface area contributed by atoms with E-state index in [4.69, 9.17) is 14.2 Å². The molecule has 2 aliphatic heterocycles. The van der Waals surface area contributed by atoms with Gasteiger partial charge >= 0.3 is 5.91 Å². The van der Waals surface area contributed by atoms with Gasteiger partial charge in [-0.2, -0.15) is 0 Å². The highest BCUT2D eigenvalue weighted by atomic mass is 32.1. The van der Waals surface area contributed by atoms with Crippen LogP contribution in [0.5, 0.6) is 17.2 Å². The number of nitrogens with zero attached hydrogens (tertiary/aromatic N) is 2. The average molecular weight is 587 g/mol. The first-order valence-corrected chi connectivity index (χ1v) is 14.3. The molecule has 1 saturated heterocycles. The maximum atomic E-state index is 14.0. The molecule has 0 spiro atoms. The van der Waals surface area contributed by atoms with E-state index >= 15 is 0 Å². The standard InChI is InChI=1S/C32H27FN2O6S/c1-4-12-40-24-11-6-18(15-25(24)39-5-2)28-27(29(36)19-7-10-23-20(14-19)13-17(3)41-23)30(37)31(38)35(28)32-34-22-9-8-21(33)16-26(22)42-32/h4,6-11,14-17,28,36H,1,5,12-13H2,2-3H3/b29-27+. The zero-order chi connectivity index (χ0) is 29.5. The quantitative estimate of drug-likeness (QED) is 0.111. The van der Waals surface area contributed by atoms with Gasteiger partial charge in [-0.15, -0.1) is 0 Å². The number of carbonyl (C=O) groups is 2. The van der Waals surface area contributed by atoms with Crippen molar-refractivity contribution in [1.29, 1.82) is 0 Å². The second kappa shape index (κ2) is 10.9. The van der Waals surface area contributed by atoms with Crippen LogP contribution in [-0.2, 0) is 16.0 Å². The fourth-order valence-corrected chi connectivity index (χ4v) is 6.31. The molecule has 6 rings (SSSR count). The molecule has 2 atom stereocenters. The van der Waals surface area contributed by atoms with Gasteiger partial charge in [0.05, 0.1) is 28.4 Å². The number of carbonyl (C=O) groups excluding carboxylic acids is 2. The summed E-state index contributed by atoms with van der Waals surface area (Å²) in [6.45, 7) is 8.05. The molecule has 0 aliphatic carbocycles. The predicted octanol–water partition coefficient (Wildman–Crippen LogP) is 6.35. The molecule has 8 nitrogen and oxygen atoms in total. The third-order valence-electron chi connectivity index (χ3n) is 7.10. The molecule has 0 bridgehead atoms. The lowest BCUT2D eigenvalue weighted by Crippen LogP contribution is -2.29. The number of hydrogen-bond donors (Lipinski definition) is 1. The van der Waals surface area contributed by atoms with Crippen LogP contribution in [0.15, 0.2) is 72.8 Å². The fraction of sp³-hybridized carbons (Fsp3) is 0.219. The van der Waals surface area contributed by atoms with Crippen LogP contribution in [0.3, 0.4) is 0 Å². The highest BCUT2D eigenvalue weighted by Gasteiger charge is 2.48. The summed E-state index contributed by atoms with van der Waals surface area (Å²) in [5.41, 5.74) is 2.16. The lowest BCUT2D eigenvalue weighted by Gasteiger charge is -2.24. The molecule has 2 aliphatic rings. The number of benzene rings is 3. The van der Waals surface area contributed by atoms with Gasteiger partial charge in [-0.25, -0.2) is 9.37 Å². The molecule has 3 heterocycles. The van der Waals surface area contributed by atoms with Gasteiger partial charge in [0.15, 0.2) is 16.6 Å². The van der Waals surface area contributed by atoms with E-state index in [-0.39, 0.29) is 29.2 Å². The number of rotatable bonds is 8. The molecular formula is C32H27FN2O6S. The molecule has 2 unspecified atom stereocenters. The van der Waals surface area contributed by atoms with Gasteiger partial charge < -0.3 is 19.3 Å². The number of halogens is 1. The predicted molar refractivity (Wildman–Crippen MR) is 158 cm³/mol. The number of fused-ring (bicyclic) bond motifs is 2. The maximum Gasteiger partial charge on any atom is 0.301 e. The molecule has 214 valence electrons. The van der Waals surface area contributed by atoms with Crippen LogP contribution in [0.2, 0.25) is 0 Å². The van der Waals surface area contributed by atoms with Crippen LogP contribution in [0.4, 0.5) is 9.52 Å². The van der Waals surface area contributed by atoms with E-state index in [1.165, 1.54) is 23.1 Å². The first-order valence-electron chi connectivity index (χ1n) is 13.5. The van der Waals surface area contributed by atoms with Crippen molar-refractivity contribution in [3.8, 4) is 17.2 Å². The number of aliphatic hydroxyl groups is 1. The number of amides is 1. The lowest BCUT2D eigenvalue weighted by atomic mass is 9.94. The molecule has 1 fully saturated rings. The number of ether oxygens (including phenoxy) is 3. The molecule has 42 heavy (non-hydrogen) atoms. The molecule has 0 saturated carbocycles. The Morgan fingerprint density at radius 2 is 2.00 bits per heavy atom. The Morgan fingerprint density at radius 3 is 2.79 bits per heavy atom. The molecule has 0 radical (unpaired) electrons. The summed E-state index contributed by atoms with van der Waals surface area (Å²) >= 11 is 1.08. The summed E-state index contributed by atoms with van der Waals surface area (Å²) < 4.78 is 31.9. The van der Waals surface area contributed by atoms with E-state index < -0.39 is 23.5 Å². The van der Waals surface area contributed by atoms with Gasteiger partial charge in [0.2, 0.25) is 0 Å². The van der Waals surface area contributed by atoms with Gasteiger partial charge in [0.25, 0.3) is 5.78 Å². The van der Waals surface area contributed by atoms with Crippen LogP contribution in [0.25, 0.3) is 16.0 Å². The first kappa shape index (κ1) is 27.5. The van der Waals surface area contributed by atoms with Crippen LogP contribution < -0.4 is 19.1 Å². The van der Waals surface area contributed by atoms with E-state index in [1.54, 1.807) is 42.5 Å².